The zero-order valence-corrected chi connectivity index (χ0v) is 12.2. The van der Waals surface area contributed by atoms with Crippen molar-refractivity contribution in [1.82, 2.24) is 0 Å². The third-order valence-electron chi connectivity index (χ3n) is 3.68. The molecular weight excluding hydrogens is 264 g/mol. The van der Waals surface area contributed by atoms with Gasteiger partial charge in [-0.25, -0.2) is 0 Å². The molecule has 98 valence electrons. The molecule has 1 saturated heterocycles. The number of anilines is 1. The second-order valence-corrected chi connectivity index (χ2v) is 5.71. The molecule has 2 nitrogen and oxygen atoms in total. The van der Waals surface area contributed by atoms with Crippen LogP contribution in [0.3, 0.4) is 0 Å². The summed E-state index contributed by atoms with van der Waals surface area (Å²) in [5.41, 5.74) is 7.73. The highest BCUT2D eigenvalue weighted by Crippen LogP contribution is 2.31. The third kappa shape index (κ3) is 2.78. The van der Waals surface area contributed by atoms with Crippen LogP contribution in [0.2, 0.25) is 5.02 Å². The maximum Gasteiger partial charge on any atom is 0.107 e. The van der Waals surface area contributed by atoms with Crippen molar-refractivity contribution in [3.05, 3.63) is 28.8 Å². The zero-order valence-electron chi connectivity index (χ0n) is 10.7. The molecule has 0 radical (unpaired) electrons. The van der Waals surface area contributed by atoms with E-state index in [-0.39, 0.29) is 0 Å². The molecule has 1 aliphatic heterocycles. The van der Waals surface area contributed by atoms with E-state index in [4.69, 9.17) is 29.6 Å². The van der Waals surface area contributed by atoms with Crippen molar-refractivity contribution in [2.24, 2.45) is 11.7 Å². The van der Waals surface area contributed by atoms with Gasteiger partial charge < -0.3 is 10.6 Å². The first kappa shape index (κ1) is 13.6. The van der Waals surface area contributed by atoms with Crippen molar-refractivity contribution in [3.63, 3.8) is 0 Å². The Morgan fingerprint density at radius 3 is 3.00 bits per heavy atom. The lowest BCUT2D eigenvalue weighted by Crippen LogP contribution is -2.36. The van der Waals surface area contributed by atoms with Crippen LogP contribution < -0.4 is 10.6 Å². The van der Waals surface area contributed by atoms with E-state index >= 15 is 0 Å². The summed E-state index contributed by atoms with van der Waals surface area (Å²) in [7, 11) is 0. The van der Waals surface area contributed by atoms with Crippen molar-refractivity contribution in [3.8, 4) is 0 Å². The van der Waals surface area contributed by atoms with Gasteiger partial charge in [0, 0.05) is 18.8 Å². The zero-order chi connectivity index (χ0) is 13.1. The summed E-state index contributed by atoms with van der Waals surface area (Å²) in [5, 5.41) is 0.652. The Kier molecular flexibility index (Phi) is 4.46. The van der Waals surface area contributed by atoms with Crippen LogP contribution in [-0.2, 0) is 0 Å². The number of hydrogen-bond acceptors (Lipinski definition) is 2. The lowest BCUT2D eigenvalue weighted by Gasteiger charge is -2.35. The van der Waals surface area contributed by atoms with Crippen LogP contribution in [0, 0.1) is 5.92 Å². The molecule has 0 bridgehead atoms. The standard InChI is InChI=1S/C14H19ClN2S/c1-2-10-5-4-8-17(9-10)12-7-3-6-11(15)13(12)14(16)18/h3,6-7,10H,2,4-5,8-9H2,1H3,(H2,16,18). The smallest absolute Gasteiger partial charge is 0.107 e. The molecule has 0 saturated carbocycles. The van der Waals surface area contributed by atoms with E-state index in [9.17, 15) is 0 Å². The molecular formula is C14H19ClN2S. The van der Waals surface area contributed by atoms with Gasteiger partial charge in [-0.05, 0) is 30.9 Å². The first-order valence-electron chi connectivity index (χ1n) is 6.46. The molecule has 1 aliphatic rings. The number of thiocarbonyl (C=S) groups is 1. The Balaban J connectivity index is 2.32. The molecule has 18 heavy (non-hydrogen) atoms. The van der Waals surface area contributed by atoms with Crippen LogP contribution in [0.4, 0.5) is 5.69 Å². The molecule has 4 heteroatoms. The minimum absolute atomic E-state index is 0.384. The summed E-state index contributed by atoms with van der Waals surface area (Å²) >= 11 is 11.4. The fourth-order valence-corrected chi connectivity index (χ4v) is 3.18. The third-order valence-corrected chi connectivity index (χ3v) is 4.19. The van der Waals surface area contributed by atoms with Gasteiger partial charge in [0.1, 0.15) is 4.99 Å². The van der Waals surface area contributed by atoms with E-state index in [1.165, 1.54) is 19.3 Å². The molecule has 1 aromatic rings. The van der Waals surface area contributed by atoms with Gasteiger partial charge >= 0.3 is 0 Å². The van der Waals surface area contributed by atoms with Gasteiger partial charge in [-0.15, -0.1) is 0 Å². The van der Waals surface area contributed by atoms with Crippen molar-refractivity contribution in [2.75, 3.05) is 18.0 Å². The predicted octanol–water partition coefficient (Wildman–Crippen LogP) is 3.60. The Hall–Kier alpha value is -0.800. The molecule has 1 heterocycles. The number of nitrogens with two attached hydrogens (primary N) is 1. The number of hydrogen-bond donors (Lipinski definition) is 1. The van der Waals surface area contributed by atoms with E-state index < -0.39 is 0 Å². The van der Waals surface area contributed by atoms with Crippen LogP contribution in [0.25, 0.3) is 0 Å². The summed E-state index contributed by atoms with van der Waals surface area (Å²) in [6.45, 7) is 4.39. The average molecular weight is 283 g/mol. The van der Waals surface area contributed by atoms with Crippen molar-refractivity contribution in [1.29, 1.82) is 0 Å². The fraction of sp³-hybridized carbons (Fsp3) is 0.500. The number of rotatable bonds is 3. The summed E-state index contributed by atoms with van der Waals surface area (Å²) in [6, 6.07) is 5.88. The minimum Gasteiger partial charge on any atom is -0.389 e. The first-order valence-corrected chi connectivity index (χ1v) is 7.25. The number of benzene rings is 1. The molecule has 0 aliphatic carbocycles. The Bertz CT molecular complexity index is 447. The summed E-state index contributed by atoms with van der Waals surface area (Å²) in [4.78, 5) is 2.76. The monoisotopic (exact) mass is 282 g/mol. The number of halogens is 1. The molecule has 0 amide bonds. The highest BCUT2D eigenvalue weighted by molar-refractivity contribution is 7.80. The van der Waals surface area contributed by atoms with Gasteiger partial charge in [0.25, 0.3) is 0 Å². The molecule has 0 aromatic heterocycles. The molecule has 0 spiro atoms. The van der Waals surface area contributed by atoms with E-state index in [1.807, 2.05) is 12.1 Å². The molecule has 1 fully saturated rings. The maximum absolute atomic E-state index is 6.22. The molecule has 2 rings (SSSR count). The van der Waals surface area contributed by atoms with Crippen LogP contribution in [0.1, 0.15) is 31.7 Å². The van der Waals surface area contributed by atoms with Gasteiger partial charge in [-0.3, -0.25) is 0 Å². The van der Waals surface area contributed by atoms with Crippen LogP contribution in [0.15, 0.2) is 18.2 Å². The molecule has 1 atom stereocenters. The minimum atomic E-state index is 0.384. The van der Waals surface area contributed by atoms with Crippen molar-refractivity contribution < 1.29 is 0 Å². The highest BCUT2D eigenvalue weighted by Gasteiger charge is 2.22. The van der Waals surface area contributed by atoms with Crippen molar-refractivity contribution >= 4 is 34.5 Å². The van der Waals surface area contributed by atoms with Gasteiger partial charge in [-0.2, -0.15) is 0 Å². The van der Waals surface area contributed by atoms with E-state index in [0.717, 1.165) is 30.3 Å². The topological polar surface area (TPSA) is 29.3 Å². The highest BCUT2D eigenvalue weighted by atomic mass is 35.5. The summed E-state index contributed by atoms with van der Waals surface area (Å²) in [5.74, 6) is 0.761. The average Bonchev–Trinajstić information content (AvgIpc) is 2.38. The summed E-state index contributed by atoms with van der Waals surface area (Å²) < 4.78 is 0. The lowest BCUT2D eigenvalue weighted by molar-refractivity contribution is 0.404. The first-order chi connectivity index (χ1) is 8.63. The van der Waals surface area contributed by atoms with Gasteiger partial charge in [0.05, 0.1) is 10.6 Å². The van der Waals surface area contributed by atoms with E-state index in [2.05, 4.69) is 17.9 Å². The Labute approximate surface area is 119 Å². The van der Waals surface area contributed by atoms with E-state index in [0.29, 0.717) is 10.0 Å². The normalized spacial score (nSPS) is 19.9. The fourth-order valence-electron chi connectivity index (χ4n) is 2.64. The SMILES string of the molecule is CCC1CCCN(c2cccc(Cl)c2C(N)=S)C1. The van der Waals surface area contributed by atoms with Gasteiger partial charge in [0.2, 0.25) is 0 Å². The number of nitrogens with zero attached hydrogens (tertiary/aromatic N) is 1. The van der Waals surface area contributed by atoms with Crippen LogP contribution >= 0.6 is 23.8 Å². The number of piperidine rings is 1. The van der Waals surface area contributed by atoms with Gasteiger partial charge in [0.15, 0.2) is 0 Å². The maximum atomic E-state index is 6.22. The second kappa shape index (κ2) is 5.89. The molecule has 1 aromatic carbocycles. The quantitative estimate of drug-likeness (QED) is 0.859. The second-order valence-electron chi connectivity index (χ2n) is 4.86. The van der Waals surface area contributed by atoms with Crippen LogP contribution in [-0.4, -0.2) is 18.1 Å². The van der Waals surface area contributed by atoms with Gasteiger partial charge in [-0.1, -0.05) is 43.2 Å². The lowest BCUT2D eigenvalue weighted by atomic mass is 9.94. The Morgan fingerprint density at radius 1 is 1.56 bits per heavy atom. The predicted molar refractivity (Wildman–Crippen MR) is 82.6 cm³/mol. The van der Waals surface area contributed by atoms with E-state index in [1.54, 1.807) is 0 Å². The largest absolute Gasteiger partial charge is 0.389 e. The molecule has 1 unspecified atom stereocenters. The Morgan fingerprint density at radius 2 is 2.33 bits per heavy atom. The van der Waals surface area contributed by atoms with Crippen molar-refractivity contribution in [2.45, 2.75) is 26.2 Å². The molecule has 2 N–H and O–H groups in total. The summed E-state index contributed by atoms with van der Waals surface area (Å²) in [6.07, 6.45) is 3.76. The van der Waals surface area contributed by atoms with Crippen LogP contribution in [0.5, 0.6) is 0 Å².